The molecule has 100 valence electrons. The molecule has 0 saturated carbocycles. The normalized spacial score (nSPS) is 12.4. The Bertz CT molecular complexity index is 540. The van der Waals surface area contributed by atoms with Crippen molar-refractivity contribution in [2.45, 2.75) is 26.3 Å². The summed E-state index contributed by atoms with van der Waals surface area (Å²) in [5.74, 6) is 0. The van der Waals surface area contributed by atoms with Crippen molar-refractivity contribution in [1.82, 2.24) is 10.3 Å². The van der Waals surface area contributed by atoms with E-state index in [9.17, 15) is 0 Å². The quantitative estimate of drug-likeness (QED) is 0.893. The zero-order valence-corrected chi connectivity index (χ0v) is 12.1. The van der Waals surface area contributed by atoms with E-state index in [-0.39, 0.29) is 0 Å². The lowest BCUT2D eigenvalue weighted by molar-refractivity contribution is 0.549. The minimum absolute atomic E-state index is 0.296. The molecular formula is C16H19ClN2. The first-order valence-corrected chi connectivity index (χ1v) is 6.97. The Kier molecular flexibility index (Phi) is 4.94. The van der Waals surface area contributed by atoms with Crippen LogP contribution in [0.3, 0.4) is 0 Å². The van der Waals surface area contributed by atoms with Crippen LogP contribution in [-0.4, -0.2) is 11.5 Å². The third-order valence-corrected chi connectivity index (χ3v) is 3.34. The molecule has 19 heavy (non-hydrogen) atoms. The third-order valence-electron chi connectivity index (χ3n) is 3.10. The number of pyridine rings is 1. The van der Waals surface area contributed by atoms with Crippen LogP contribution in [0.15, 0.2) is 42.6 Å². The summed E-state index contributed by atoms with van der Waals surface area (Å²) >= 11 is 6.05. The first-order chi connectivity index (χ1) is 9.19. The third kappa shape index (κ3) is 4.05. The van der Waals surface area contributed by atoms with E-state index < -0.39 is 0 Å². The highest BCUT2D eigenvalue weighted by Crippen LogP contribution is 2.20. The number of nitrogens with zero attached hydrogens (tertiary/aromatic N) is 1. The second-order valence-electron chi connectivity index (χ2n) is 4.67. The predicted octanol–water partition coefficient (Wildman–Crippen LogP) is 3.94. The summed E-state index contributed by atoms with van der Waals surface area (Å²) in [6.45, 7) is 5.08. The number of benzene rings is 1. The van der Waals surface area contributed by atoms with Gasteiger partial charge in [-0.1, -0.05) is 30.7 Å². The van der Waals surface area contributed by atoms with Gasteiger partial charge in [-0.15, -0.1) is 0 Å². The summed E-state index contributed by atoms with van der Waals surface area (Å²) in [6.07, 6.45) is 2.80. The van der Waals surface area contributed by atoms with Gasteiger partial charge in [0.1, 0.15) is 0 Å². The summed E-state index contributed by atoms with van der Waals surface area (Å²) in [5, 5.41) is 4.31. The van der Waals surface area contributed by atoms with E-state index in [0.29, 0.717) is 6.04 Å². The van der Waals surface area contributed by atoms with Gasteiger partial charge >= 0.3 is 0 Å². The first kappa shape index (κ1) is 14.0. The minimum atomic E-state index is 0.296. The van der Waals surface area contributed by atoms with E-state index in [0.717, 1.165) is 23.7 Å². The number of hydrogen-bond acceptors (Lipinski definition) is 2. The molecule has 0 spiro atoms. The standard InChI is InChI=1S/C16H19ClN2/c1-3-18-16(14-7-8-19-12(2)9-14)11-13-5-4-6-15(17)10-13/h4-10,16,18H,3,11H2,1-2H3. The van der Waals surface area contributed by atoms with Crippen LogP contribution < -0.4 is 5.32 Å². The van der Waals surface area contributed by atoms with Crippen molar-refractivity contribution >= 4 is 11.6 Å². The van der Waals surface area contributed by atoms with E-state index in [4.69, 9.17) is 11.6 Å². The summed E-state index contributed by atoms with van der Waals surface area (Å²) in [5.41, 5.74) is 3.56. The van der Waals surface area contributed by atoms with Crippen molar-refractivity contribution in [1.29, 1.82) is 0 Å². The van der Waals surface area contributed by atoms with Crippen LogP contribution in [0.5, 0.6) is 0 Å². The molecule has 1 N–H and O–H groups in total. The van der Waals surface area contributed by atoms with Gasteiger partial charge in [0.05, 0.1) is 0 Å². The Balaban J connectivity index is 2.21. The molecule has 2 rings (SSSR count). The lowest BCUT2D eigenvalue weighted by Gasteiger charge is -2.19. The number of halogens is 1. The van der Waals surface area contributed by atoms with Crippen LogP contribution in [0, 0.1) is 6.92 Å². The van der Waals surface area contributed by atoms with E-state index >= 15 is 0 Å². The molecule has 1 atom stereocenters. The fourth-order valence-corrected chi connectivity index (χ4v) is 2.45. The van der Waals surface area contributed by atoms with Crippen molar-refractivity contribution in [3.8, 4) is 0 Å². The second-order valence-corrected chi connectivity index (χ2v) is 5.11. The van der Waals surface area contributed by atoms with Crippen LogP contribution in [0.25, 0.3) is 0 Å². The Hall–Kier alpha value is -1.38. The van der Waals surface area contributed by atoms with Crippen LogP contribution >= 0.6 is 11.6 Å². The van der Waals surface area contributed by atoms with Gasteiger partial charge in [-0.2, -0.15) is 0 Å². The number of likely N-dealkylation sites (N-methyl/N-ethyl adjacent to an activating group) is 1. The fraction of sp³-hybridized carbons (Fsp3) is 0.312. The van der Waals surface area contributed by atoms with Gasteiger partial charge in [0.25, 0.3) is 0 Å². The lowest BCUT2D eigenvalue weighted by atomic mass is 9.99. The average Bonchev–Trinajstić information content (AvgIpc) is 2.38. The van der Waals surface area contributed by atoms with Gasteiger partial charge in [0.15, 0.2) is 0 Å². The van der Waals surface area contributed by atoms with Crippen LogP contribution in [-0.2, 0) is 6.42 Å². The van der Waals surface area contributed by atoms with Crippen molar-refractivity contribution in [3.63, 3.8) is 0 Å². The largest absolute Gasteiger partial charge is 0.310 e. The molecule has 0 aliphatic rings. The Morgan fingerprint density at radius 3 is 2.79 bits per heavy atom. The Morgan fingerprint density at radius 1 is 1.26 bits per heavy atom. The number of rotatable bonds is 5. The van der Waals surface area contributed by atoms with Gasteiger partial charge in [0.2, 0.25) is 0 Å². The molecule has 0 amide bonds. The average molecular weight is 275 g/mol. The van der Waals surface area contributed by atoms with E-state index in [2.05, 4.69) is 35.4 Å². The maximum atomic E-state index is 6.05. The van der Waals surface area contributed by atoms with E-state index in [1.165, 1.54) is 11.1 Å². The number of nitrogens with one attached hydrogen (secondary N) is 1. The molecule has 0 saturated heterocycles. The molecule has 1 aromatic carbocycles. The number of aromatic nitrogens is 1. The molecule has 0 bridgehead atoms. The molecule has 2 aromatic rings. The zero-order chi connectivity index (χ0) is 13.7. The topological polar surface area (TPSA) is 24.9 Å². The molecule has 0 radical (unpaired) electrons. The van der Waals surface area contributed by atoms with Gasteiger partial charge in [-0.25, -0.2) is 0 Å². The highest BCUT2D eigenvalue weighted by Gasteiger charge is 2.11. The van der Waals surface area contributed by atoms with Gasteiger partial charge in [0, 0.05) is 23.0 Å². The monoisotopic (exact) mass is 274 g/mol. The highest BCUT2D eigenvalue weighted by molar-refractivity contribution is 6.30. The zero-order valence-electron chi connectivity index (χ0n) is 11.4. The van der Waals surface area contributed by atoms with E-state index in [1.807, 2.05) is 31.3 Å². The summed E-state index contributed by atoms with van der Waals surface area (Å²) in [4.78, 5) is 4.25. The van der Waals surface area contributed by atoms with Gasteiger partial charge in [-0.3, -0.25) is 4.98 Å². The SMILES string of the molecule is CCNC(Cc1cccc(Cl)c1)c1ccnc(C)c1. The number of hydrogen-bond donors (Lipinski definition) is 1. The highest BCUT2D eigenvalue weighted by atomic mass is 35.5. The lowest BCUT2D eigenvalue weighted by Crippen LogP contribution is -2.23. The smallest absolute Gasteiger partial charge is 0.0408 e. The van der Waals surface area contributed by atoms with E-state index in [1.54, 1.807) is 0 Å². The maximum absolute atomic E-state index is 6.05. The summed E-state index contributed by atoms with van der Waals surface area (Å²) in [7, 11) is 0. The second kappa shape index (κ2) is 6.69. The summed E-state index contributed by atoms with van der Waals surface area (Å²) < 4.78 is 0. The van der Waals surface area contributed by atoms with Crippen molar-refractivity contribution < 1.29 is 0 Å². The predicted molar refractivity (Wildman–Crippen MR) is 80.5 cm³/mol. The summed E-state index contributed by atoms with van der Waals surface area (Å²) in [6, 6.07) is 12.6. The molecule has 1 unspecified atom stereocenters. The van der Waals surface area contributed by atoms with Gasteiger partial charge < -0.3 is 5.32 Å². The van der Waals surface area contributed by atoms with Crippen molar-refractivity contribution in [2.75, 3.05) is 6.54 Å². The van der Waals surface area contributed by atoms with Crippen molar-refractivity contribution in [3.05, 3.63) is 64.4 Å². The molecule has 0 aliphatic heterocycles. The molecule has 0 aliphatic carbocycles. The molecule has 2 nitrogen and oxygen atoms in total. The fourth-order valence-electron chi connectivity index (χ4n) is 2.24. The van der Waals surface area contributed by atoms with Crippen LogP contribution in [0.4, 0.5) is 0 Å². The molecule has 1 aromatic heterocycles. The van der Waals surface area contributed by atoms with Gasteiger partial charge in [-0.05, 0) is 55.3 Å². The molecular weight excluding hydrogens is 256 g/mol. The van der Waals surface area contributed by atoms with Crippen LogP contribution in [0.2, 0.25) is 5.02 Å². The molecule has 3 heteroatoms. The van der Waals surface area contributed by atoms with Crippen molar-refractivity contribution in [2.24, 2.45) is 0 Å². The first-order valence-electron chi connectivity index (χ1n) is 6.59. The maximum Gasteiger partial charge on any atom is 0.0408 e. The minimum Gasteiger partial charge on any atom is -0.310 e. The molecule has 0 fully saturated rings. The Labute approximate surface area is 119 Å². The molecule has 1 heterocycles. The van der Waals surface area contributed by atoms with Crippen LogP contribution in [0.1, 0.15) is 29.8 Å². The number of aryl methyl sites for hydroxylation is 1. The Morgan fingerprint density at radius 2 is 2.11 bits per heavy atom.